The van der Waals surface area contributed by atoms with Gasteiger partial charge < -0.3 is 14.4 Å². The van der Waals surface area contributed by atoms with Crippen molar-refractivity contribution in [3.8, 4) is 5.75 Å². The molecule has 1 fully saturated rings. The smallest absolute Gasteiger partial charge is 0.444 e. The van der Waals surface area contributed by atoms with E-state index >= 15 is 0 Å². The van der Waals surface area contributed by atoms with Gasteiger partial charge in [0.15, 0.2) is 0 Å². The van der Waals surface area contributed by atoms with Gasteiger partial charge in [-0.05, 0) is 31.4 Å². The van der Waals surface area contributed by atoms with E-state index in [-0.39, 0.29) is 12.2 Å². The van der Waals surface area contributed by atoms with Crippen molar-refractivity contribution in [2.45, 2.75) is 32.2 Å². The summed E-state index contributed by atoms with van der Waals surface area (Å²) in [5.41, 5.74) is -0.0140. The molecule has 122 valence electrons. The fourth-order valence-corrected chi connectivity index (χ4v) is 2.15. The molecule has 8 heteroatoms. The van der Waals surface area contributed by atoms with E-state index in [0.29, 0.717) is 19.2 Å². The molecule has 22 heavy (non-hydrogen) atoms. The molecule has 4 nitrogen and oxygen atoms in total. The SMILES string of the molecule is O=C(OCc1ccc(OC(F)(F)F)cc1F)N1CCCCC1. The molecule has 0 N–H and O–H groups in total. The summed E-state index contributed by atoms with van der Waals surface area (Å²) < 4.78 is 58.3. The summed E-state index contributed by atoms with van der Waals surface area (Å²) in [6, 6.07) is 2.68. The minimum atomic E-state index is -4.88. The van der Waals surface area contributed by atoms with Crippen LogP contribution in [0.3, 0.4) is 0 Å². The van der Waals surface area contributed by atoms with E-state index in [2.05, 4.69) is 4.74 Å². The molecule has 1 aromatic rings. The molecular formula is C14H15F4NO3. The van der Waals surface area contributed by atoms with E-state index in [1.165, 1.54) is 4.90 Å². The lowest BCUT2D eigenvalue weighted by atomic mass is 10.1. The zero-order valence-corrected chi connectivity index (χ0v) is 11.7. The molecule has 1 heterocycles. The fourth-order valence-electron chi connectivity index (χ4n) is 2.15. The third-order valence-corrected chi connectivity index (χ3v) is 3.22. The fraction of sp³-hybridized carbons (Fsp3) is 0.500. The zero-order chi connectivity index (χ0) is 16.2. The van der Waals surface area contributed by atoms with E-state index in [9.17, 15) is 22.4 Å². The summed E-state index contributed by atoms with van der Waals surface area (Å²) in [5, 5.41) is 0. The van der Waals surface area contributed by atoms with Crippen LogP contribution >= 0.6 is 0 Å². The van der Waals surface area contributed by atoms with Crippen LogP contribution < -0.4 is 4.74 Å². The van der Waals surface area contributed by atoms with Crippen LogP contribution in [0.15, 0.2) is 18.2 Å². The molecule has 0 aromatic heterocycles. The number of nitrogens with zero attached hydrogens (tertiary/aromatic N) is 1. The molecule has 0 saturated carbocycles. The number of amides is 1. The Kier molecular flexibility index (Phi) is 5.10. The second kappa shape index (κ2) is 6.85. The highest BCUT2D eigenvalue weighted by atomic mass is 19.4. The molecule has 0 atom stereocenters. The summed E-state index contributed by atoms with van der Waals surface area (Å²) in [6.07, 6.45) is -2.58. The average molecular weight is 321 g/mol. The Bertz CT molecular complexity index is 527. The molecule has 0 radical (unpaired) electrons. The van der Waals surface area contributed by atoms with Gasteiger partial charge in [0.2, 0.25) is 0 Å². The van der Waals surface area contributed by atoms with Crippen LogP contribution in [0.25, 0.3) is 0 Å². The largest absolute Gasteiger partial charge is 0.573 e. The Labute approximate surface area is 124 Å². The van der Waals surface area contributed by atoms with Gasteiger partial charge >= 0.3 is 12.5 Å². The molecule has 1 saturated heterocycles. The van der Waals surface area contributed by atoms with Crippen molar-refractivity contribution in [1.82, 2.24) is 4.90 Å². The number of hydrogen-bond donors (Lipinski definition) is 0. The molecule has 2 rings (SSSR count). The Morgan fingerprint density at radius 1 is 1.18 bits per heavy atom. The molecule has 0 spiro atoms. The lowest BCUT2D eigenvalue weighted by molar-refractivity contribution is -0.274. The van der Waals surface area contributed by atoms with Crippen molar-refractivity contribution in [3.05, 3.63) is 29.6 Å². The number of ether oxygens (including phenoxy) is 2. The molecule has 0 unspecified atom stereocenters. The summed E-state index contributed by atoms with van der Waals surface area (Å²) >= 11 is 0. The maximum Gasteiger partial charge on any atom is 0.573 e. The predicted octanol–water partition coefficient (Wildman–Crippen LogP) is 3.85. The van der Waals surface area contributed by atoms with Crippen LogP contribution in [0.1, 0.15) is 24.8 Å². The van der Waals surface area contributed by atoms with Crippen LogP contribution in [0, 0.1) is 5.82 Å². The topological polar surface area (TPSA) is 38.8 Å². The number of benzene rings is 1. The Morgan fingerprint density at radius 3 is 2.45 bits per heavy atom. The van der Waals surface area contributed by atoms with Gasteiger partial charge in [0.05, 0.1) is 0 Å². The van der Waals surface area contributed by atoms with E-state index in [1.54, 1.807) is 0 Å². The van der Waals surface area contributed by atoms with E-state index in [1.807, 2.05) is 0 Å². The molecular weight excluding hydrogens is 306 g/mol. The molecule has 0 bridgehead atoms. The number of rotatable bonds is 3. The van der Waals surface area contributed by atoms with Crippen molar-refractivity contribution < 1.29 is 31.8 Å². The first-order valence-corrected chi connectivity index (χ1v) is 6.81. The number of piperidine rings is 1. The Balaban J connectivity index is 1.91. The first kappa shape index (κ1) is 16.4. The number of halogens is 4. The highest BCUT2D eigenvalue weighted by Gasteiger charge is 2.31. The number of carbonyl (C=O) groups is 1. The number of likely N-dealkylation sites (tertiary alicyclic amines) is 1. The Morgan fingerprint density at radius 2 is 1.86 bits per heavy atom. The molecule has 1 aliphatic heterocycles. The molecule has 1 aliphatic rings. The van der Waals surface area contributed by atoms with Crippen molar-refractivity contribution in [2.24, 2.45) is 0 Å². The zero-order valence-electron chi connectivity index (χ0n) is 11.7. The van der Waals surface area contributed by atoms with Gasteiger partial charge in [0.1, 0.15) is 18.2 Å². The van der Waals surface area contributed by atoms with E-state index in [4.69, 9.17) is 4.74 Å². The minimum absolute atomic E-state index is 0.0140. The first-order chi connectivity index (χ1) is 10.3. The van der Waals surface area contributed by atoms with Crippen molar-refractivity contribution in [3.63, 3.8) is 0 Å². The van der Waals surface area contributed by atoms with Crippen LogP contribution in [0.2, 0.25) is 0 Å². The summed E-state index contributed by atoms with van der Waals surface area (Å²) in [6.45, 7) is 0.854. The van der Waals surface area contributed by atoms with Gasteiger partial charge in [-0.1, -0.05) is 0 Å². The molecule has 0 aliphatic carbocycles. The predicted molar refractivity (Wildman–Crippen MR) is 68.7 cm³/mol. The normalized spacial score (nSPS) is 15.5. The van der Waals surface area contributed by atoms with Gasteiger partial charge in [0, 0.05) is 24.7 Å². The quantitative estimate of drug-likeness (QED) is 0.794. The monoisotopic (exact) mass is 321 g/mol. The molecule has 1 aromatic carbocycles. The van der Waals surface area contributed by atoms with Gasteiger partial charge in [-0.2, -0.15) is 0 Å². The van der Waals surface area contributed by atoms with Crippen molar-refractivity contribution >= 4 is 6.09 Å². The minimum Gasteiger partial charge on any atom is -0.444 e. The number of alkyl halides is 3. The van der Waals surface area contributed by atoms with E-state index in [0.717, 1.165) is 31.4 Å². The lowest BCUT2D eigenvalue weighted by Gasteiger charge is -2.25. The van der Waals surface area contributed by atoms with Gasteiger partial charge in [-0.15, -0.1) is 13.2 Å². The second-order valence-electron chi connectivity index (χ2n) is 4.90. The maximum atomic E-state index is 13.7. The Hall–Kier alpha value is -1.99. The lowest BCUT2D eigenvalue weighted by Crippen LogP contribution is -2.35. The highest BCUT2D eigenvalue weighted by molar-refractivity contribution is 5.67. The van der Waals surface area contributed by atoms with Crippen molar-refractivity contribution in [1.29, 1.82) is 0 Å². The van der Waals surface area contributed by atoms with Crippen LogP contribution in [-0.4, -0.2) is 30.4 Å². The highest BCUT2D eigenvalue weighted by Crippen LogP contribution is 2.25. The first-order valence-electron chi connectivity index (χ1n) is 6.81. The van der Waals surface area contributed by atoms with Crippen LogP contribution in [0.5, 0.6) is 5.75 Å². The summed E-state index contributed by atoms with van der Waals surface area (Å²) in [7, 11) is 0. The standard InChI is InChI=1S/C14H15F4NO3/c15-12-8-11(22-14(16,17)18)5-4-10(12)9-21-13(20)19-6-2-1-3-7-19/h4-5,8H,1-3,6-7,9H2. The van der Waals surface area contributed by atoms with Crippen LogP contribution in [0.4, 0.5) is 22.4 Å². The maximum absolute atomic E-state index is 13.7. The van der Waals surface area contributed by atoms with Gasteiger partial charge in [0.25, 0.3) is 0 Å². The number of carbonyl (C=O) groups excluding carboxylic acids is 1. The van der Waals surface area contributed by atoms with Gasteiger partial charge in [-0.25, -0.2) is 9.18 Å². The summed E-state index contributed by atoms with van der Waals surface area (Å²) in [4.78, 5) is 13.3. The van der Waals surface area contributed by atoms with Crippen LogP contribution in [-0.2, 0) is 11.3 Å². The average Bonchev–Trinajstić information content (AvgIpc) is 2.45. The van der Waals surface area contributed by atoms with E-state index < -0.39 is 24.0 Å². The van der Waals surface area contributed by atoms with Gasteiger partial charge in [-0.3, -0.25) is 0 Å². The summed E-state index contributed by atoms with van der Waals surface area (Å²) in [5.74, 6) is -1.58. The third kappa shape index (κ3) is 4.78. The molecule has 1 amide bonds. The second-order valence-corrected chi connectivity index (χ2v) is 4.90. The number of hydrogen-bond acceptors (Lipinski definition) is 3. The third-order valence-electron chi connectivity index (χ3n) is 3.22. The van der Waals surface area contributed by atoms with Crippen molar-refractivity contribution in [2.75, 3.05) is 13.1 Å².